The normalized spacial score (nSPS) is 31.2. The van der Waals surface area contributed by atoms with E-state index >= 15 is 0 Å². The first-order valence-electron chi connectivity index (χ1n) is 4.30. The molecule has 3 heteroatoms. The predicted molar refractivity (Wildman–Crippen MR) is 44.6 cm³/mol. The maximum Gasteiger partial charge on any atom is 0.160 e. The molecule has 1 aliphatic rings. The highest BCUT2D eigenvalue weighted by Crippen LogP contribution is 2.27. The van der Waals surface area contributed by atoms with Crippen LogP contribution in [-0.2, 0) is 9.53 Å². The number of ether oxygens (including phenoxy) is 1. The molecular weight excluding hydrogens is 156 g/mol. The van der Waals surface area contributed by atoms with Crippen molar-refractivity contribution >= 4 is 5.78 Å². The number of hydrogen-bond donors (Lipinski definition) is 1. The summed E-state index contributed by atoms with van der Waals surface area (Å²) in [6.45, 7) is 5.15. The molecule has 0 unspecified atom stereocenters. The van der Waals surface area contributed by atoms with Crippen LogP contribution in [-0.4, -0.2) is 22.8 Å². The zero-order chi connectivity index (χ0) is 9.35. The fourth-order valence-electron chi connectivity index (χ4n) is 1.53. The van der Waals surface area contributed by atoms with Crippen molar-refractivity contribution in [1.29, 1.82) is 0 Å². The monoisotopic (exact) mass is 172 g/mol. The number of ketones is 1. The van der Waals surface area contributed by atoms with Gasteiger partial charge in [-0.25, -0.2) is 0 Å². The third kappa shape index (κ3) is 2.57. The molecule has 70 valence electrons. The van der Waals surface area contributed by atoms with Gasteiger partial charge in [-0.1, -0.05) is 6.92 Å². The van der Waals surface area contributed by atoms with Crippen LogP contribution >= 0.6 is 0 Å². The molecular formula is C9H16O3. The summed E-state index contributed by atoms with van der Waals surface area (Å²) in [7, 11) is 0. The largest absolute Gasteiger partial charge is 0.366 e. The van der Waals surface area contributed by atoms with Gasteiger partial charge >= 0.3 is 0 Å². The number of carbonyl (C=O) groups is 1. The lowest BCUT2D eigenvalue weighted by atomic mass is 10.1. The summed E-state index contributed by atoms with van der Waals surface area (Å²) in [6, 6.07) is 0. The molecule has 1 aliphatic carbocycles. The minimum absolute atomic E-state index is 0.0995. The van der Waals surface area contributed by atoms with Crippen LogP contribution in [0.25, 0.3) is 0 Å². The first-order chi connectivity index (χ1) is 5.38. The molecule has 2 atom stereocenters. The van der Waals surface area contributed by atoms with Gasteiger partial charge in [-0.2, -0.15) is 0 Å². The van der Waals surface area contributed by atoms with Crippen molar-refractivity contribution in [2.75, 3.05) is 0 Å². The zero-order valence-electron chi connectivity index (χ0n) is 7.83. The smallest absolute Gasteiger partial charge is 0.160 e. The van der Waals surface area contributed by atoms with E-state index in [-0.39, 0.29) is 17.8 Å². The zero-order valence-corrected chi connectivity index (χ0v) is 7.83. The number of hydrogen-bond acceptors (Lipinski definition) is 3. The van der Waals surface area contributed by atoms with Gasteiger partial charge in [-0.05, 0) is 19.8 Å². The predicted octanol–water partition coefficient (Wildman–Crippen LogP) is 1.10. The lowest BCUT2D eigenvalue weighted by Crippen LogP contribution is -2.31. The van der Waals surface area contributed by atoms with Gasteiger partial charge in [-0.15, -0.1) is 0 Å². The van der Waals surface area contributed by atoms with Gasteiger partial charge in [0.15, 0.2) is 5.79 Å². The van der Waals surface area contributed by atoms with Gasteiger partial charge < -0.3 is 9.84 Å². The summed E-state index contributed by atoms with van der Waals surface area (Å²) in [5.74, 6) is -0.649. The summed E-state index contributed by atoms with van der Waals surface area (Å²) >= 11 is 0. The standard InChI is InChI=1S/C9H16O3/c1-6-4-7(10)5-8(6)12-9(2,3)11/h6,8,11H,4-5H2,1-3H3/t6-,8-/m0/s1. The Morgan fingerprint density at radius 2 is 2.08 bits per heavy atom. The molecule has 0 radical (unpaired) electrons. The summed E-state index contributed by atoms with van der Waals surface area (Å²) < 4.78 is 5.32. The summed E-state index contributed by atoms with van der Waals surface area (Å²) in [5, 5.41) is 9.35. The van der Waals surface area contributed by atoms with Gasteiger partial charge in [0.1, 0.15) is 5.78 Å². The molecule has 1 N–H and O–H groups in total. The molecule has 0 aromatic heterocycles. The van der Waals surface area contributed by atoms with E-state index in [0.717, 1.165) is 0 Å². The molecule has 12 heavy (non-hydrogen) atoms. The average molecular weight is 172 g/mol. The van der Waals surface area contributed by atoms with Crippen LogP contribution in [0.5, 0.6) is 0 Å². The topological polar surface area (TPSA) is 46.5 Å². The number of aliphatic hydroxyl groups is 1. The van der Waals surface area contributed by atoms with Crippen LogP contribution in [0.4, 0.5) is 0 Å². The SMILES string of the molecule is C[C@H]1CC(=O)C[C@@H]1OC(C)(C)O. The van der Waals surface area contributed by atoms with Crippen LogP contribution < -0.4 is 0 Å². The Labute approximate surface area is 72.7 Å². The third-order valence-electron chi connectivity index (χ3n) is 2.05. The van der Waals surface area contributed by atoms with Gasteiger partial charge in [0.25, 0.3) is 0 Å². The van der Waals surface area contributed by atoms with E-state index in [0.29, 0.717) is 12.8 Å². The van der Waals surface area contributed by atoms with Crippen LogP contribution in [0.2, 0.25) is 0 Å². The van der Waals surface area contributed by atoms with Crippen LogP contribution in [0, 0.1) is 5.92 Å². The molecule has 3 nitrogen and oxygen atoms in total. The molecule has 1 saturated carbocycles. The van der Waals surface area contributed by atoms with Crippen molar-refractivity contribution in [3.05, 3.63) is 0 Å². The number of rotatable bonds is 2. The van der Waals surface area contributed by atoms with Crippen molar-refractivity contribution in [2.24, 2.45) is 5.92 Å². The van der Waals surface area contributed by atoms with Crippen molar-refractivity contribution in [1.82, 2.24) is 0 Å². The average Bonchev–Trinajstić information content (AvgIpc) is 2.06. The first-order valence-corrected chi connectivity index (χ1v) is 4.30. The second-order valence-corrected chi connectivity index (χ2v) is 4.03. The molecule has 0 aromatic carbocycles. The Balaban J connectivity index is 2.48. The molecule has 0 spiro atoms. The Kier molecular flexibility index (Phi) is 2.54. The molecule has 0 amide bonds. The number of Topliss-reactive ketones (excluding diaryl/α,β-unsaturated/α-hetero) is 1. The highest BCUT2D eigenvalue weighted by molar-refractivity contribution is 5.81. The second-order valence-electron chi connectivity index (χ2n) is 4.03. The first kappa shape index (κ1) is 9.68. The molecule has 1 rings (SSSR count). The van der Waals surface area contributed by atoms with Gasteiger partial charge in [0, 0.05) is 12.8 Å². The molecule has 0 saturated heterocycles. The quantitative estimate of drug-likeness (QED) is 0.634. The lowest BCUT2D eigenvalue weighted by Gasteiger charge is -2.25. The van der Waals surface area contributed by atoms with E-state index in [4.69, 9.17) is 4.74 Å². The highest BCUT2D eigenvalue weighted by atomic mass is 16.6. The summed E-state index contributed by atoms with van der Waals surface area (Å²) in [4.78, 5) is 11.0. The molecule has 0 bridgehead atoms. The van der Waals surface area contributed by atoms with E-state index < -0.39 is 5.79 Å². The maximum absolute atomic E-state index is 11.0. The number of carbonyl (C=O) groups excluding carboxylic acids is 1. The Morgan fingerprint density at radius 3 is 2.42 bits per heavy atom. The Bertz CT molecular complexity index is 181. The van der Waals surface area contributed by atoms with Crippen molar-refractivity contribution in [3.8, 4) is 0 Å². The van der Waals surface area contributed by atoms with Crippen LogP contribution in [0.3, 0.4) is 0 Å². The van der Waals surface area contributed by atoms with Crippen LogP contribution in [0.1, 0.15) is 33.6 Å². The van der Waals surface area contributed by atoms with E-state index in [1.165, 1.54) is 0 Å². The highest BCUT2D eigenvalue weighted by Gasteiger charge is 2.33. The minimum Gasteiger partial charge on any atom is -0.366 e. The van der Waals surface area contributed by atoms with Crippen molar-refractivity contribution < 1.29 is 14.6 Å². The fraction of sp³-hybridized carbons (Fsp3) is 0.889. The Hall–Kier alpha value is -0.410. The molecule has 0 aliphatic heterocycles. The lowest BCUT2D eigenvalue weighted by molar-refractivity contribution is -0.210. The fourth-order valence-corrected chi connectivity index (χ4v) is 1.53. The van der Waals surface area contributed by atoms with Crippen LogP contribution in [0.15, 0.2) is 0 Å². The molecule has 0 aromatic rings. The van der Waals surface area contributed by atoms with Gasteiger partial charge in [0.2, 0.25) is 0 Å². The van der Waals surface area contributed by atoms with Gasteiger partial charge in [-0.3, -0.25) is 4.79 Å². The molecule has 1 fully saturated rings. The molecule has 0 heterocycles. The Morgan fingerprint density at radius 1 is 1.50 bits per heavy atom. The summed E-state index contributed by atoms with van der Waals surface area (Å²) in [6.07, 6.45) is 0.934. The van der Waals surface area contributed by atoms with Gasteiger partial charge in [0.05, 0.1) is 6.10 Å². The maximum atomic E-state index is 11.0. The second kappa shape index (κ2) is 3.15. The van der Waals surface area contributed by atoms with Crippen molar-refractivity contribution in [2.45, 2.75) is 45.5 Å². The van der Waals surface area contributed by atoms with E-state index in [9.17, 15) is 9.90 Å². The third-order valence-corrected chi connectivity index (χ3v) is 2.05. The van der Waals surface area contributed by atoms with E-state index in [1.54, 1.807) is 13.8 Å². The van der Waals surface area contributed by atoms with Crippen molar-refractivity contribution in [3.63, 3.8) is 0 Å². The van der Waals surface area contributed by atoms with E-state index in [2.05, 4.69) is 0 Å². The van der Waals surface area contributed by atoms with E-state index in [1.807, 2.05) is 6.92 Å². The summed E-state index contributed by atoms with van der Waals surface area (Å²) in [5.41, 5.74) is 0. The minimum atomic E-state index is -1.12.